The van der Waals surface area contributed by atoms with Gasteiger partial charge >= 0.3 is 0 Å². The van der Waals surface area contributed by atoms with Crippen molar-refractivity contribution in [2.24, 2.45) is 5.73 Å². The Hall–Kier alpha value is -0.900. The van der Waals surface area contributed by atoms with Crippen molar-refractivity contribution in [2.75, 3.05) is 0 Å². The van der Waals surface area contributed by atoms with Gasteiger partial charge in [0.25, 0.3) is 0 Å². The van der Waals surface area contributed by atoms with E-state index in [1.165, 1.54) is 12.1 Å². The van der Waals surface area contributed by atoms with Gasteiger partial charge in [-0.2, -0.15) is 0 Å². The molecule has 2 aromatic carbocycles. The van der Waals surface area contributed by atoms with Crippen LogP contribution >= 0.6 is 27.5 Å². The second-order valence-corrected chi connectivity index (χ2v) is 6.61. The molecule has 2 aromatic rings. The zero-order valence-electron chi connectivity index (χ0n) is 11.4. The molecule has 0 aliphatic carbocycles. The summed E-state index contributed by atoms with van der Waals surface area (Å²) in [6.45, 7) is 3.86. The first kappa shape index (κ1) is 15.5. The summed E-state index contributed by atoms with van der Waals surface area (Å²) in [5, 5.41) is 0.610. The quantitative estimate of drug-likeness (QED) is 0.826. The van der Waals surface area contributed by atoms with Crippen LogP contribution in [0.1, 0.15) is 23.6 Å². The maximum Gasteiger partial charge on any atom is 0.123 e. The molecule has 2 N–H and O–H groups in total. The topological polar surface area (TPSA) is 26.0 Å². The summed E-state index contributed by atoms with van der Waals surface area (Å²) in [5.74, 6) is -0.247. The summed E-state index contributed by atoms with van der Waals surface area (Å²) in [5.41, 5.74) is 8.54. The number of halogens is 3. The molecule has 0 amide bonds. The third kappa shape index (κ3) is 3.40. The minimum absolute atomic E-state index is 0.247. The molecule has 0 saturated heterocycles. The van der Waals surface area contributed by atoms with Gasteiger partial charge in [0.15, 0.2) is 0 Å². The standard InChI is InChI=1S/C16H16BrClFN/c1-10-3-5-13(19)7-11(10)9-16(2,20)14-6-4-12(17)8-15(14)18/h3-8H,9,20H2,1-2H3. The van der Waals surface area contributed by atoms with E-state index in [0.29, 0.717) is 11.4 Å². The lowest BCUT2D eigenvalue weighted by molar-refractivity contribution is 0.488. The van der Waals surface area contributed by atoms with E-state index in [1.54, 1.807) is 6.07 Å². The average molecular weight is 357 g/mol. The van der Waals surface area contributed by atoms with E-state index in [4.69, 9.17) is 17.3 Å². The second-order valence-electron chi connectivity index (χ2n) is 5.29. The normalized spacial score (nSPS) is 14.1. The molecule has 0 aliphatic heterocycles. The Kier molecular flexibility index (Phi) is 4.52. The summed E-state index contributed by atoms with van der Waals surface area (Å²) in [6, 6.07) is 10.4. The van der Waals surface area contributed by atoms with E-state index < -0.39 is 5.54 Å². The van der Waals surface area contributed by atoms with Crippen LogP contribution < -0.4 is 5.73 Å². The number of aryl methyl sites for hydroxylation is 1. The maximum atomic E-state index is 13.4. The summed E-state index contributed by atoms with van der Waals surface area (Å²) in [7, 11) is 0. The minimum atomic E-state index is -0.656. The molecule has 106 valence electrons. The lowest BCUT2D eigenvalue weighted by Gasteiger charge is -2.27. The van der Waals surface area contributed by atoms with Crippen LogP contribution in [-0.2, 0) is 12.0 Å². The first-order chi connectivity index (χ1) is 9.29. The molecule has 0 aliphatic rings. The molecule has 4 heteroatoms. The highest BCUT2D eigenvalue weighted by molar-refractivity contribution is 9.10. The zero-order valence-corrected chi connectivity index (χ0v) is 13.7. The van der Waals surface area contributed by atoms with Crippen molar-refractivity contribution in [3.05, 3.63) is 68.4 Å². The minimum Gasteiger partial charge on any atom is -0.321 e. The molecule has 0 bridgehead atoms. The smallest absolute Gasteiger partial charge is 0.123 e. The van der Waals surface area contributed by atoms with Gasteiger partial charge in [0.1, 0.15) is 5.82 Å². The number of rotatable bonds is 3. The molecule has 1 nitrogen and oxygen atoms in total. The summed E-state index contributed by atoms with van der Waals surface area (Å²) in [4.78, 5) is 0. The largest absolute Gasteiger partial charge is 0.321 e. The van der Waals surface area contributed by atoms with Crippen LogP contribution in [0.2, 0.25) is 5.02 Å². The molecule has 20 heavy (non-hydrogen) atoms. The van der Waals surface area contributed by atoms with Gasteiger partial charge in [-0.3, -0.25) is 0 Å². The Bertz CT molecular complexity index is 640. The summed E-state index contributed by atoms with van der Waals surface area (Å²) in [6.07, 6.45) is 0.526. The van der Waals surface area contributed by atoms with E-state index in [0.717, 1.165) is 21.2 Å². The highest BCUT2D eigenvalue weighted by Crippen LogP contribution is 2.32. The predicted octanol–water partition coefficient (Wildman–Crippen LogP) is 4.97. The van der Waals surface area contributed by atoms with Crippen LogP contribution in [0, 0.1) is 12.7 Å². The van der Waals surface area contributed by atoms with Crippen molar-refractivity contribution < 1.29 is 4.39 Å². The summed E-state index contributed by atoms with van der Waals surface area (Å²) < 4.78 is 14.3. The molecule has 0 saturated carbocycles. The molecule has 1 atom stereocenters. The zero-order chi connectivity index (χ0) is 14.9. The van der Waals surface area contributed by atoms with Gasteiger partial charge in [-0.1, -0.05) is 39.7 Å². The Balaban J connectivity index is 2.37. The van der Waals surface area contributed by atoms with Crippen LogP contribution in [-0.4, -0.2) is 0 Å². The number of nitrogens with two attached hydrogens (primary N) is 1. The van der Waals surface area contributed by atoms with Crippen molar-refractivity contribution in [3.63, 3.8) is 0 Å². The number of hydrogen-bond donors (Lipinski definition) is 1. The van der Waals surface area contributed by atoms with Crippen LogP contribution in [0.4, 0.5) is 4.39 Å². The van der Waals surface area contributed by atoms with Crippen molar-refractivity contribution in [3.8, 4) is 0 Å². The first-order valence-electron chi connectivity index (χ1n) is 6.29. The molecule has 0 radical (unpaired) electrons. The Morgan fingerprint density at radius 1 is 1.25 bits per heavy atom. The van der Waals surface area contributed by atoms with Gasteiger partial charge in [0.05, 0.1) is 0 Å². The molecule has 2 rings (SSSR count). The predicted molar refractivity (Wildman–Crippen MR) is 85.5 cm³/mol. The highest BCUT2D eigenvalue weighted by atomic mass is 79.9. The third-order valence-corrected chi connectivity index (χ3v) is 4.22. The van der Waals surface area contributed by atoms with Crippen LogP contribution in [0.3, 0.4) is 0 Å². The van der Waals surface area contributed by atoms with Crippen LogP contribution in [0.5, 0.6) is 0 Å². The Morgan fingerprint density at radius 3 is 2.60 bits per heavy atom. The van der Waals surface area contributed by atoms with Gasteiger partial charge in [0, 0.05) is 15.0 Å². The first-order valence-corrected chi connectivity index (χ1v) is 7.46. The maximum absolute atomic E-state index is 13.4. The second kappa shape index (κ2) is 5.84. The number of benzene rings is 2. The average Bonchev–Trinajstić information content (AvgIpc) is 2.33. The van der Waals surface area contributed by atoms with E-state index in [2.05, 4.69) is 15.9 Å². The molecular weight excluding hydrogens is 341 g/mol. The Morgan fingerprint density at radius 2 is 1.95 bits per heavy atom. The van der Waals surface area contributed by atoms with Crippen molar-refractivity contribution in [1.82, 2.24) is 0 Å². The Labute approximate surface area is 132 Å². The lowest BCUT2D eigenvalue weighted by Crippen LogP contribution is -2.36. The fraction of sp³-hybridized carbons (Fsp3) is 0.250. The lowest BCUT2D eigenvalue weighted by atomic mass is 9.85. The third-order valence-electron chi connectivity index (χ3n) is 3.42. The van der Waals surface area contributed by atoms with Crippen LogP contribution in [0.15, 0.2) is 40.9 Å². The van der Waals surface area contributed by atoms with Crippen molar-refractivity contribution >= 4 is 27.5 Å². The fourth-order valence-corrected chi connectivity index (χ4v) is 3.16. The van der Waals surface area contributed by atoms with Gasteiger partial charge < -0.3 is 5.73 Å². The van der Waals surface area contributed by atoms with E-state index in [9.17, 15) is 4.39 Å². The van der Waals surface area contributed by atoms with Gasteiger partial charge in [-0.05, 0) is 61.2 Å². The monoisotopic (exact) mass is 355 g/mol. The molecule has 0 heterocycles. The van der Waals surface area contributed by atoms with E-state index in [1.807, 2.05) is 32.0 Å². The van der Waals surface area contributed by atoms with Gasteiger partial charge in [-0.15, -0.1) is 0 Å². The van der Waals surface area contributed by atoms with Gasteiger partial charge in [-0.25, -0.2) is 4.39 Å². The molecule has 0 fully saturated rings. The molecule has 0 spiro atoms. The van der Waals surface area contributed by atoms with Crippen LogP contribution in [0.25, 0.3) is 0 Å². The highest BCUT2D eigenvalue weighted by Gasteiger charge is 2.25. The number of hydrogen-bond acceptors (Lipinski definition) is 1. The fourth-order valence-electron chi connectivity index (χ4n) is 2.27. The molecule has 1 unspecified atom stereocenters. The van der Waals surface area contributed by atoms with Crippen molar-refractivity contribution in [2.45, 2.75) is 25.8 Å². The molecular formula is C16H16BrClFN. The van der Waals surface area contributed by atoms with Gasteiger partial charge in [0.2, 0.25) is 0 Å². The van der Waals surface area contributed by atoms with Crippen molar-refractivity contribution in [1.29, 1.82) is 0 Å². The SMILES string of the molecule is Cc1ccc(F)cc1CC(C)(N)c1ccc(Br)cc1Cl. The van der Waals surface area contributed by atoms with E-state index in [-0.39, 0.29) is 5.82 Å². The van der Waals surface area contributed by atoms with E-state index >= 15 is 0 Å². The molecule has 0 aromatic heterocycles. The summed E-state index contributed by atoms with van der Waals surface area (Å²) >= 11 is 9.64.